The van der Waals surface area contributed by atoms with Crippen molar-refractivity contribution in [3.63, 3.8) is 0 Å². The van der Waals surface area contributed by atoms with Crippen molar-refractivity contribution in [1.82, 2.24) is 89.3 Å². The summed E-state index contributed by atoms with van der Waals surface area (Å²) in [6.45, 7) is 12.1. The van der Waals surface area contributed by atoms with E-state index in [1.165, 1.54) is 43.5 Å². The van der Waals surface area contributed by atoms with E-state index in [-0.39, 0.29) is 64.5 Å². The summed E-state index contributed by atoms with van der Waals surface area (Å²) in [6, 6.07) is 18.0. The lowest BCUT2D eigenvalue weighted by molar-refractivity contribution is -0.0254. The number of aliphatic hydroxyl groups excluding tert-OH is 5. The van der Waals surface area contributed by atoms with Crippen molar-refractivity contribution < 1.29 is 35.0 Å². The largest absolute Gasteiger partial charge is 0.391 e. The van der Waals surface area contributed by atoms with Crippen LogP contribution in [-0.4, -0.2) is 264 Å². The van der Waals surface area contributed by atoms with Crippen molar-refractivity contribution in [2.75, 3.05) is 102 Å². The van der Waals surface area contributed by atoms with Gasteiger partial charge in [-0.05, 0) is 86.2 Å². The molecule has 109 heavy (non-hydrogen) atoms. The van der Waals surface area contributed by atoms with Gasteiger partial charge in [0, 0.05) is 189 Å². The van der Waals surface area contributed by atoms with Crippen molar-refractivity contribution in [3.8, 4) is 0 Å². The number of β-amino-alcohol motifs (C(OH)–C–C–N with tert-alkyl or cyclic N) is 6. The van der Waals surface area contributed by atoms with E-state index < -0.39 is 23.5 Å². The number of rotatable bonds is 18. The van der Waals surface area contributed by atoms with E-state index in [0.29, 0.717) is 135 Å². The molecule has 0 amide bonds. The van der Waals surface area contributed by atoms with Crippen LogP contribution < -0.4 is 27.8 Å². The van der Waals surface area contributed by atoms with Gasteiger partial charge in [0.15, 0.2) is 0 Å². The molecule has 7 aliphatic rings. The maximum Gasteiger partial charge on any atom is 0.275 e. The molecule has 5 fully saturated rings. The number of fused-ring (bicyclic) bond motifs is 5. The number of hydrogen-bond donors (Lipinski definition) is 14. The molecule has 0 bridgehead atoms. The van der Waals surface area contributed by atoms with Crippen molar-refractivity contribution in [1.29, 1.82) is 0 Å². The van der Waals surface area contributed by atoms with Crippen LogP contribution in [-0.2, 0) is 32.5 Å². The smallest absolute Gasteiger partial charge is 0.275 e. The van der Waals surface area contributed by atoms with Crippen LogP contribution in [0.1, 0.15) is 53.1 Å². The first kappa shape index (κ1) is 78.9. The Labute approximate surface area is 642 Å². The van der Waals surface area contributed by atoms with Crippen molar-refractivity contribution in [3.05, 3.63) is 213 Å². The number of benzene rings is 2. The minimum absolute atomic E-state index is 0.0929. The van der Waals surface area contributed by atoms with Crippen LogP contribution in [0.3, 0.4) is 0 Å². The Balaban J connectivity index is 0.000000121. The van der Waals surface area contributed by atoms with Gasteiger partial charge in [0.1, 0.15) is 33.9 Å². The Morgan fingerprint density at radius 1 is 0.468 bits per heavy atom. The molecule has 14 N–H and O–H groups in total. The van der Waals surface area contributed by atoms with Gasteiger partial charge in [-0.1, -0.05) is 42.0 Å². The predicted molar refractivity (Wildman–Crippen MR) is 420 cm³/mol. The third-order valence-electron chi connectivity index (χ3n) is 20.9. The molecule has 8 aromatic heterocycles. The molecule has 2 aliphatic carbocycles. The van der Waals surface area contributed by atoms with E-state index in [4.69, 9.17) is 11.6 Å². The Hall–Kier alpha value is -8.23. The lowest BCUT2D eigenvalue weighted by Crippen LogP contribution is -2.37. The van der Waals surface area contributed by atoms with Gasteiger partial charge in [-0.3, -0.25) is 48.5 Å². The second-order valence-electron chi connectivity index (χ2n) is 29.2. The van der Waals surface area contributed by atoms with E-state index in [1.807, 2.05) is 83.0 Å². The lowest BCUT2D eigenvalue weighted by Gasteiger charge is -2.20. The minimum atomic E-state index is -1.57. The number of aliphatic hydroxyl groups is 6. The molecule has 10 aromatic rings. The molecule has 0 spiro atoms. The van der Waals surface area contributed by atoms with Crippen LogP contribution >= 0.6 is 46.9 Å². The van der Waals surface area contributed by atoms with E-state index >= 15 is 0 Å². The molecule has 17 rings (SSSR count). The molecule has 0 unspecified atom stereocenters. The Morgan fingerprint density at radius 2 is 0.853 bits per heavy atom. The van der Waals surface area contributed by atoms with Gasteiger partial charge in [0.2, 0.25) is 0 Å². The first-order chi connectivity index (χ1) is 52.4. The normalized spacial score (nSPS) is 24.8. The second-order valence-corrected chi connectivity index (χ2v) is 32.7. The van der Waals surface area contributed by atoms with E-state index in [9.17, 15) is 59.0 Å². The lowest BCUT2D eigenvalue weighted by atomic mass is 10.0. The highest BCUT2D eigenvalue weighted by Crippen LogP contribution is 2.34. The number of halogens is 2. The zero-order valence-corrected chi connectivity index (χ0v) is 63.6. The third-order valence-corrected chi connectivity index (χ3v) is 24.3. The molecule has 5 aliphatic heterocycles. The van der Waals surface area contributed by atoms with Gasteiger partial charge in [0.25, 0.3) is 27.8 Å². The predicted octanol–water partition coefficient (Wildman–Crippen LogP) is 3.98. The van der Waals surface area contributed by atoms with Gasteiger partial charge in [0.05, 0.1) is 84.0 Å². The Morgan fingerprint density at radius 3 is 1.25 bits per heavy atom. The average molecular weight is 1570 g/mol. The van der Waals surface area contributed by atoms with Crippen LogP contribution in [0.4, 0.5) is 4.39 Å². The van der Waals surface area contributed by atoms with Crippen LogP contribution in [0.15, 0.2) is 151 Å². The molecule has 2 aromatic carbocycles. The number of nitrogens with zero attached hydrogens (tertiary/aromatic N) is 10. The van der Waals surface area contributed by atoms with Crippen LogP contribution in [0.2, 0.25) is 5.02 Å². The molecular formula is C75H90ClFN18O11S3. The molecule has 29 nitrogen and oxygen atoms in total. The maximum absolute atomic E-state index is 13.9. The van der Waals surface area contributed by atoms with Gasteiger partial charge >= 0.3 is 0 Å². The zero-order valence-electron chi connectivity index (χ0n) is 60.4. The monoisotopic (exact) mass is 1570 g/mol. The fourth-order valence-corrected chi connectivity index (χ4v) is 18.0. The van der Waals surface area contributed by atoms with Crippen LogP contribution in [0.25, 0.3) is 44.2 Å². The summed E-state index contributed by atoms with van der Waals surface area (Å²) in [5.74, 6) is 3.50. The highest BCUT2D eigenvalue weighted by atomic mass is 35.5. The van der Waals surface area contributed by atoms with E-state index in [2.05, 4.69) is 97.9 Å². The molecule has 0 saturated carbocycles. The number of nitrogens with one attached hydrogen (secondary N) is 8. The second kappa shape index (κ2) is 35.0. The summed E-state index contributed by atoms with van der Waals surface area (Å²) in [4.78, 5) is 114. The SMILES string of the molecule is CSC[C@@H]1CN(Cc2c[nH]c3c(=O)[nH]cnc23)C[C@H]1O.C[C@]1(F)CN(CC2=CCc3c2nc[nH]c3=O)C[C@H]1O.C[C@]1(O)CN(CC2=CCc3c2nc[nH]c3=O)C[C@H]1O.O=c1[nH]cnc2c(CN3C[C@@H](CSc4ccc(Cl)cc4)[C@H](O)C3)c[nH]c12.O=c1[nH]cnc2c(CN3C[C@@H](CSc4ccccc4)[C@H](O)C3)c[nH]c12. The highest BCUT2D eigenvalue weighted by molar-refractivity contribution is 7.99. The van der Waals surface area contributed by atoms with E-state index in [1.54, 1.807) is 42.2 Å². The van der Waals surface area contributed by atoms with Crippen LogP contribution in [0.5, 0.6) is 0 Å². The molecule has 5 saturated heterocycles. The topological polar surface area (TPSA) is 414 Å². The summed E-state index contributed by atoms with van der Waals surface area (Å²) in [7, 11) is 0. The van der Waals surface area contributed by atoms with Crippen molar-refractivity contribution >= 4 is 91.1 Å². The molecule has 0 radical (unpaired) electrons. The fourth-order valence-electron chi connectivity index (χ4n) is 15.0. The number of allylic oxidation sites excluding steroid dienone is 2. The van der Waals surface area contributed by atoms with Gasteiger partial charge < -0.3 is 70.5 Å². The summed E-state index contributed by atoms with van der Waals surface area (Å²) in [5, 5.41) is 60.9. The molecule has 34 heteroatoms. The summed E-state index contributed by atoms with van der Waals surface area (Å²) >= 11 is 11.2. The third kappa shape index (κ3) is 19.0. The maximum atomic E-state index is 13.9. The van der Waals surface area contributed by atoms with Gasteiger partial charge in [-0.25, -0.2) is 29.3 Å². The number of alkyl halides is 1. The Kier molecular flexibility index (Phi) is 25.3. The molecule has 10 atom stereocenters. The number of H-pyrrole nitrogens is 8. The first-order valence-electron chi connectivity index (χ1n) is 36.0. The van der Waals surface area contributed by atoms with E-state index in [0.717, 1.165) is 85.9 Å². The zero-order chi connectivity index (χ0) is 76.7. The summed E-state index contributed by atoms with van der Waals surface area (Å²) < 4.78 is 13.9. The summed E-state index contributed by atoms with van der Waals surface area (Å²) in [5.41, 5.74) is 8.03. The number of thioether (sulfide) groups is 3. The highest BCUT2D eigenvalue weighted by Gasteiger charge is 2.44. The number of aromatic amines is 8. The van der Waals surface area contributed by atoms with Crippen molar-refractivity contribution in [2.24, 2.45) is 17.8 Å². The molecule has 578 valence electrons. The number of likely N-dealkylation sites (tertiary alicyclic amines) is 5. The average Bonchev–Trinajstić information content (AvgIpc) is 1.67. The van der Waals surface area contributed by atoms with Gasteiger partial charge in [-0.15, -0.1) is 23.5 Å². The summed E-state index contributed by atoms with van der Waals surface area (Å²) in [6.07, 6.45) is 17.1. The van der Waals surface area contributed by atoms with Crippen LogP contribution in [0, 0.1) is 17.8 Å². The minimum Gasteiger partial charge on any atom is -0.391 e. The Bertz CT molecular complexity index is 5060. The number of aromatic nitrogens is 13. The standard InChI is InChI=1S/C18H19ClN4O2S.C18H20N4O2S.C13H16FN3O2.C13H18N4O2S.C13H17N3O3/c19-13-1-3-14(4-2-13)26-9-12-7-23(8-15(12)24)6-11-5-20-17-16(11)21-10-22-18(17)25;23-15-9-22(8-13(15)10-25-14-4-2-1-3-5-14)7-12-6-19-17-16(12)20-11-21-18(17)24;1-13(14)6-17(5-10(13)18)4-8-2-3-9-11(8)15-7-16-12(9)19;1-20-6-9-4-17(5-10(9)18)3-8-2-14-12-11(8)15-7-16-13(12)19;1-13(19)6-16(5-10(13)17)4-8-2-3-9-11(8)14-7-15-12(9)18/h1-5,10,12,15,20,24H,6-9H2,(H,21,22,25);1-6,11,13,15,19,23H,7-10H2,(H,20,21,24);2,7,10,18H,3-6H2,1H3,(H,15,16,19);2,7,9-10,14,18H,3-6H2,1H3,(H,15,16,19);2,7,10,17,19H,3-6H2,1H3,(H,14,15,18)/t12-,15+;13-,15+;10-,13+;9-,10+;10-,13+/m00101/s1. The number of hydrogen-bond acceptors (Lipinski definition) is 24. The first-order valence-corrected chi connectivity index (χ1v) is 39.8. The molecular weight excluding hydrogens is 1480 g/mol. The fraction of sp³-hybridized carbons (Fsp3) is 0.440. The van der Waals surface area contributed by atoms with Crippen molar-refractivity contribution in [2.45, 2.75) is 97.9 Å². The quantitative estimate of drug-likeness (QED) is 0.0540. The van der Waals surface area contributed by atoms with Gasteiger partial charge in [-0.2, -0.15) is 11.8 Å². The molecule has 13 heterocycles.